The Balaban J connectivity index is 2.77. The van der Waals surface area contributed by atoms with E-state index in [1.165, 1.54) is 11.3 Å². The van der Waals surface area contributed by atoms with E-state index in [0.29, 0.717) is 11.3 Å². The monoisotopic (exact) mass is 300 g/mol. The van der Waals surface area contributed by atoms with Crippen LogP contribution in [0.3, 0.4) is 0 Å². The molecular formula is C13H24N4O2S. The maximum atomic E-state index is 12.2. The largest absolute Gasteiger partial charge is 0.396 e. The second-order valence-corrected chi connectivity index (χ2v) is 5.70. The number of nitrogens with one attached hydrogen (secondary N) is 1. The molecule has 1 rings (SSSR count). The third-order valence-corrected chi connectivity index (χ3v) is 4.22. The number of aliphatic hydroxyl groups is 1. The third kappa shape index (κ3) is 4.35. The number of anilines is 2. The molecule has 1 atom stereocenters. The highest BCUT2D eigenvalue weighted by atomic mass is 32.1. The quantitative estimate of drug-likeness (QED) is 0.676. The number of hydrogen-bond donors (Lipinski definition) is 3. The van der Waals surface area contributed by atoms with Crippen molar-refractivity contribution >= 4 is 28.2 Å². The number of rotatable bonds is 8. The van der Waals surface area contributed by atoms with Crippen LogP contribution in [-0.2, 0) is 0 Å². The molecule has 0 saturated heterocycles. The molecule has 0 aliphatic rings. The minimum absolute atomic E-state index is 0.0363. The Bertz CT molecular complexity index is 436. The lowest BCUT2D eigenvalue weighted by Crippen LogP contribution is -2.34. The normalized spacial score (nSPS) is 12.2. The summed E-state index contributed by atoms with van der Waals surface area (Å²) in [4.78, 5) is 18.9. The summed E-state index contributed by atoms with van der Waals surface area (Å²) in [5.74, 6) is 0.0563. The number of nitrogens with two attached hydrogens (primary N) is 1. The molecule has 1 aromatic heterocycles. The van der Waals surface area contributed by atoms with Gasteiger partial charge in [0.2, 0.25) is 0 Å². The molecule has 1 heterocycles. The summed E-state index contributed by atoms with van der Waals surface area (Å²) in [6.45, 7) is 4.98. The first-order valence-electron chi connectivity index (χ1n) is 6.92. The fraction of sp³-hybridized carbons (Fsp3) is 0.692. The van der Waals surface area contributed by atoms with Gasteiger partial charge in [-0.15, -0.1) is 0 Å². The smallest absolute Gasteiger partial charge is 0.265 e. The van der Waals surface area contributed by atoms with Crippen molar-refractivity contribution in [2.24, 2.45) is 0 Å². The number of amides is 1. The molecule has 0 saturated carbocycles. The van der Waals surface area contributed by atoms with E-state index in [9.17, 15) is 4.79 Å². The van der Waals surface area contributed by atoms with Gasteiger partial charge in [-0.25, -0.2) is 4.98 Å². The average Bonchev–Trinajstić information content (AvgIpc) is 2.80. The Morgan fingerprint density at radius 3 is 2.80 bits per heavy atom. The summed E-state index contributed by atoms with van der Waals surface area (Å²) in [5.41, 5.74) is 5.83. The summed E-state index contributed by atoms with van der Waals surface area (Å²) in [5, 5.41) is 12.6. The van der Waals surface area contributed by atoms with Gasteiger partial charge < -0.3 is 21.1 Å². The summed E-state index contributed by atoms with van der Waals surface area (Å²) in [6.07, 6.45) is 2.32. The maximum absolute atomic E-state index is 12.2. The summed E-state index contributed by atoms with van der Waals surface area (Å²) < 4.78 is 0. The molecule has 7 heteroatoms. The van der Waals surface area contributed by atoms with E-state index in [1.807, 2.05) is 18.9 Å². The minimum atomic E-state index is -0.212. The SMILES string of the molecule is CCCN(C)c1nc(N)c(C(=O)NC(CC)CCO)s1. The van der Waals surface area contributed by atoms with Gasteiger partial charge in [0.25, 0.3) is 5.91 Å². The third-order valence-electron chi connectivity index (χ3n) is 3.04. The van der Waals surface area contributed by atoms with Crippen LogP contribution in [0.1, 0.15) is 42.8 Å². The maximum Gasteiger partial charge on any atom is 0.265 e. The second-order valence-electron chi connectivity index (χ2n) is 4.72. The molecule has 1 amide bonds. The van der Waals surface area contributed by atoms with E-state index in [0.717, 1.165) is 24.5 Å². The number of aliphatic hydroxyl groups excluding tert-OH is 1. The van der Waals surface area contributed by atoms with E-state index in [2.05, 4.69) is 17.2 Å². The van der Waals surface area contributed by atoms with Crippen LogP contribution in [-0.4, -0.2) is 42.2 Å². The lowest BCUT2D eigenvalue weighted by atomic mass is 10.1. The van der Waals surface area contributed by atoms with Crippen molar-refractivity contribution in [3.63, 3.8) is 0 Å². The van der Waals surface area contributed by atoms with Crippen molar-refractivity contribution in [1.29, 1.82) is 0 Å². The first-order valence-corrected chi connectivity index (χ1v) is 7.74. The summed E-state index contributed by atoms with van der Waals surface area (Å²) >= 11 is 1.30. The van der Waals surface area contributed by atoms with Crippen LogP contribution in [0.2, 0.25) is 0 Å². The average molecular weight is 300 g/mol. The molecule has 0 bridgehead atoms. The molecule has 1 unspecified atom stereocenters. The Morgan fingerprint density at radius 1 is 1.55 bits per heavy atom. The van der Waals surface area contributed by atoms with Gasteiger partial charge in [0.05, 0.1) is 0 Å². The van der Waals surface area contributed by atoms with Gasteiger partial charge >= 0.3 is 0 Å². The zero-order chi connectivity index (χ0) is 15.1. The second kappa shape index (κ2) is 8.06. The minimum Gasteiger partial charge on any atom is -0.396 e. The van der Waals surface area contributed by atoms with Crippen molar-refractivity contribution in [2.75, 3.05) is 30.8 Å². The lowest BCUT2D eigenvalue weighted by Gasteiger charge is -2.15. The molecular weight excluding hydrogens is 276 g/mol. The van der Waals surface area contributed by atoms with Gasteiger partial charge in [-0.1, -0.05) is 25.2 Å². The molecule has 0 aliphatic carbocycles. The van der Waals surface area contributed by atoms with Gasteiger partial charge in [0.15, 0.2) is 5.13 Å². The van der Waals surface area contributed by atoms with E-state index in [4.69, 9.17) is 10.8 Å². The van der Waals surface area contributed by atoms with Crippen molar-refractivity contribution in [3.8, 4) is 0 Å². The van der Waals surface area contributed by atoms with Gasteiger partial charge in [0, 0.05) is 26.2 Å². The summed E-state index contributed by atoms with van der Waals surface area (Å²) in [7, 11) is 1.93. The number of hydrogen-bond acceptors (Lipinski definition) is 6. The lowest BCUT2D eigenvalue weighted by molar-refractivity contribution is 0.0934. The van der Waals surface area contributed by atoms with E-state index < -0.39 is 0 Å². The molecule has 0 aromatic carbocycles. The number of carbonyl (C=O) groups is 1. The molecule has 4 N–H and O–H groups in total. The molecule has 0 spiro atoms. The molecule has 20 heavy (non-hydrogen) atoms. The fourth-order valence-corrected chi connectivity index (χ4v) is 2.74. The highest BCUT2D eigenvalue weighted by Gasteiger charge is 2.20. The molecule has 6 nitrogen and oxygen atoms in total. The zero-order valence-electron chi connectivity index (χ0n) is 12.3. The van der Waals surface area contributed by atoms with E-state index in [-0.39, 0.29) is 24.4 Å². The Kier molecular flexibility index (Phi) is 6.74. The van der Waals surface area contributed by atoms with Crippen LogP contribution < -0.4 is 16.0 Å². The highest BCUT2D eigenvalue weighted by Crippen LogP contribution is 2.27. The topological polar surface area (TPSA) is 91.5 Å². The van der Waals surface area contributed by atoms with Crippen LogP contribution in [0, 0.1) is 0 Å². The standard InChI is InChI=1S/C13H24N4O2S/c1-4-7-17(3)13-16-11(14)10(20-13)12(19)15-9(5-2)6-8-18/h9,18H,4-8,14H2,1-3H3,(H,15,19). The van der Waals surface area contributed by atoms with Crippen LogP contribution in [0.25, 0.3) is 0 Å². The fourth-order valence-electron chi connectivity index (χ4n) is 1.86. The van der Waals surface area contributed by atoms with Crippen LogP contribution in [0.5, 0.6) is 0 Å². The van der Waals surface area contributed by atoms with Gasteiger partial charge in [-0.3, -0.25) is 4.79 Å². The van der Waals surface area contributed by atoms with Crippen molar-refractivity contribution < 1.29 is 9.90 Å². The predicted molar refractivity (Wildman–Crippen MR) is 83.3 cm³/mol. The molecule has 0 fully saturated rings. The molecule has 0 radical (unpaired) electrons. The zero-order valence-corrected chi connectivity index (χ0v) is 13.2. The summed E-state index contributed by atoms with van der Waals surface area (Å²) in [6, 6.07) is -0.0363. The first-order chi connectivity index (χ1) is 9.53. The van der Waals surface area contributed by atoms with Crippen LogP contribution >= 0.6 is 11.3 Å². The first kappa shape index (κ1) is 16.7. The van der Waals surface area contributed by atoms with Crippen molar-refractivity contribution in [2.45, 2.75) is 39.2 Å². The molecule has 114 valence electrons. The van der Waals surface area contributed by atoms with Crippen molar-refractivity contribution in [3.05, 3.63) is 4.88 Å². The molecule has 1 aromatic rings. The van der Waals surface area contributed by atoms with Gasteiger partial charge in [0.1, 0.15) is 10.7 Å². The number of nitrogens with zero attached hydrogens (tertiary/aromatic N) is 2. The van der Waals surface area contributed by atoms with E-state index >= 15 is 0 Å². The van der Waals surface area contributed by atoms with Gasteiger partial charge in [-0.2, -0.15) is 0 Å². The van der Waals surface area contributed by atoms with E-state index in [1.54, 1.807) is 0 Å². The predicted octanol–water partition coefficient (Wildman–Crippen LogP) is 1.46. The highest BCUT2D eigenvalue weighted by molar-refractivity contribution is 7.18. The van der Waals surface area contributed by atoms with Crippen LogP contribution in [0.4, 0.5) is 10.9 Å². The number of carbonyl (C=O) groups excluding carboxylic acids is 1. The van der Waals surface area contributed by atoms with Crippen LogP contribution in [0.15, 0.2) is 0 Å². The number of aromatic nitrogens is 1. The number of thiazole rings is 1. The molecule has 0 aliphatic heterocycles. The number of nitrogen functional groups attached to an aromatic ring is 1. The van der Waals surface area contributed by atoms with Crippen molar-refractivity contribution in [1.82, 2.24) is 10.3 Å². The van der Waals surface area contributed by atoms with Gasteiger partial charge in [-0.05, 0) is 19.3 Å². The Labute approximate surface area is 124 Å². The Hall–Kier alpha value is -1.34. The Morgan fingerprint density at radius 2 is 2.25 bits per heavy atom.